The van der Waals surface area contributed by atoms with Crippen molar-refractivity contribution in [3.63, 3.8) is 0 Å². The van der Waals surface area contributed by atoms with E-state index in [-0.39, 0.29) is 30.4 Å². The molecule has 0 aromatic heterocycles. The van der Waals surface area contributed by atoms with Crippen molar-refractivity contribution in [2.75, 3.05) is 13.7 Å². The molecular formula is C15H21NO3. The molecule has 1 fully saturated rings. The fourth-order valence-electron chi connectivity index (χ4n) is 2.42. The molecule has 1 aromatic rings. The summed E-state index contributed by atoms with van der Waals surface area (Å²) in [7, 11) is 1.65. The summed E-state index contributed by atoms with van der Waals surface area (Å²) in [6.45, 7) is 2.01. The van der Waals surface area contributed by atoms with Crippen LogP contribution in [0.5, 0.6) is 5.75 Å². The number of amides is 1. The molecule has 1 aliphatic carbocycles. The van der Waals surface area contributed by atoms with Crippen molar-refractivity contribution < 1.29 is 14.6 Å². The first-order valence-electron chi connectivity index (χ1n) is 6.71. The van der Waals surface area contributed by atoms with Gasteiger partial charge in [0.05, 0.1) is 7.11 Å². The van der Waals surface area contributed by atoms with Crippen LogP contribution in [-0.4, -0.2) is 30.8 Å². The average Bonchev–Trinajstić information content (AvgIpc) is 3.19. The van der Waals surface area contributed by atoms with Crippen LogP contribution in [0.2, 0.25) is 0 Å². The van der Waals surface area contributed by atoms with Crippen molar-refractivity contribution in [2.45, 2.75) is 31.7 Å². The fourth-order valence-corrected chi connectivity index (χ4v) is 2.42. The zero-order chi connectivity index (χ0) is 13.8. The van der Waals surface area contributed by atoms with Crippen LogP contribution in [0.1, 0.15) is 31.2 Å². The highest BCUT2D eigenvalue weighted by Crippen LogP contribution is 2.50. The first-order chi connectivity index (χ1) is 9.17. The topological polar surface area (TPSA) is 58.6 Å². The Bertz CT molecular complexity index is 447. The molecule has 1 aromatic carbocycles. The number of nitrogens with one attached hydrogen (secondary N) is 1. The molecule has 4 heteroatoms. The van der Waals surface area contributed by atoms with Crippen LogP contribution >= 0.6 is 0 Å². The van der Waals surface area contributed by atoms with Gasteiger partial charge >= 0.3 is 0 Å². The third kappa shape index (κ3) is 3.26. The third-order valence-electron chi connectivity index (χ3n) is 3.62. The van der Waals surface area contributed by atoms with Crippen LogP contribution in [0, 0.1) is 5.92 Å². The Balaban J connectivity index is 1.95. The SMILES string of the molecule is COc1ccccc1[C@@H]1C[C@@H]1C(=O)N[C@@H](C)CCO. The molecule has 0 unspecified atom stereocenters. The van der Waals surface area contributed by atoms with E-state index in [0.29, 0.717) is 6.42 Å². The highest BCUT2D eigenvalue weighted by atomic mass is 16.5. The first kappa shape index (κ1) is 13.9. The second-order valence-electron chi connectivity index (χ2n) is 5.11. The number of rotatable bonds is 6. The van der Waals surface area contributed by atoms with Gasteiger partial charge in [-0.1, -0.05) is 18.2 Å². The molecule has 2 rings (SSSR count). The minimum absolute atomic E-state index is 0.0245. The highest BCUT2D eigenvalue weighted by Gasteiger charge is 2.45. The summed E-state index contributed by atoms with van der Waals surface area (Å²) in [5, 5.41) is 11.8. The molecule has 0 saturated heterocycles. The summed E-state index contributed by atoms with van der Waals surface area (Å²) in [5.74, 6) is 1.23. The normalized spacial score (nSPS) is 22.7. The van der Waals surface area contributed by atoms with E-state index in [1.807, 2.05) is 31.2 Å². The Hall–Kier alpha value is -1.55. The van der Waals surface area contributed by atoms with Gasteiger partial charge < -0.3 is 15.2 Å². The predicted octanol–water partition coefficient (Wildman–Crippen LogP) is 1.69. The molecule has 1 aliphatic rings. The van der Waals surface area contributed by atoms with Gasteiger partial charge in [0.25, 0.3) is 0 Å². The summed E-state index contributed by atoms with van der Waals surface area (Å²) in [4.78, 5) is 12.0. The molecule has 0 bridgehead atoms. The van der Waals surface area contributed by atoms with E-state index in [2.05, 4.69) is 5.32 Å². The van der Waals surface area contributed by atoms with Crippen molar-refractivity contribution in [3.8, 4) is 5.75 Å². The van der Waals surface area contributed by atoms with Crippen molar-refractivity contribution in [1.29, 1.82) is 0 Å². The molecule has 0 radical (unpaired) electrons. The maximum atomic E-state index is 12.0. The van der Waals surface area contributed by atoms with Gasteiger partial charge in [0.2, 0.25) is 5.91 Å². The lowest BCUT2D eigenvalue weighted by molar-refractivity contribution is -0.123. The summed E-state index contributed by atoms with van der Waals surface area (Å²) < 4.78 is 5.33. The number of carbonyl (C=O) groups is 1. The molecule has 104 valence electrons. The largest absolute Gasteiger partial charge is 0.496 e. The van der Waals surface area contributed by atoms with Crippen molar-refractivity contribution in [3.05, 3.63) is 29.8 Å². The molecule has 3 atom stereocenters. The molecule has 0 aliphatic heterocycles. The van der Waals surface area contributed by atoms with Crippen LogP contribution < -0.4 is 10.1 Å². The predicted molar refractivity (Wildman–Crippen MR) is 73.1 cm³/mol. The average molecular weight is 263 g/mol. The summed E-state index contributed by atoms with van der Waals surface area (Å²) in [5.41, 5.74) is 1.11. The van der Waals surface area contributed by atoms with Crippen molar-refractivity contribution >= 4 is 5.91 Å². The van der Waals surface area contributed by atoms with Gasteiger partial charge in [-0.3, -0.25) is 4.79 Å². The molecular weight excluding hydrogens is 242 g/mol. The van der Waals surface area contributed by atoms with Crippen LogP contribution in [0.4, 0.5) is 0 Å². The highest BCUT2D eigenvalue weighted by molar-refractivity contribution is 5.83. The lowest BCUT2D eigenvalue weighted by Gasteiger charge is -2.12. The van der Waals surface area contributed by atoms with Gasteiger partial charge in [-0.2, -0.15) is 0 Å². The van der Waals surface area contributed by atoms with Gasteiger partial charge in [0.15, 0.2) is 0 Å². The van der Waals surface area contributed by atoms with E-state index < -0.39 is 0 Å². The minimum Gasteiger partial charge on any atom is -0.496 e. The van der Waals surface area contributed by atoms with Gasteiger partial charge in [-0.25, -0.2) is 0 Å². The van der Waals surface area contributed by atoms with E-state index in [9.17, 15) is 4.79 Å². The lowest BCUT2D eigenvalue weighted by atomic mass is 10.1. The van der Waals surface area contributed by atoms with Gasteiger partial charge in [0.1, 0.15) is 5.75 Å². The molecule has 1 saturated carbocycles. The monoisotopic (exact) mass is 263 g/mol. The Morgan fingerprint density at radius 3 is 2.95 bits per heavy atom. The van der Waals surface area contributed by atoms with Crippen molar-refractivity contribution in [1.82, 2.24) is 5.32 Å². The molecule has 1 amide bonds. The number of carbonyl (C=O) groups excluding carboxylic acids is 1. The Kier molecular flexibility index (Phi) is 4.43. The smallest absolute Gasteiger partial charge is 0.223 e. The van der Waals surface area contributed by atoms with E-state index in [4.69, 9.17) is 9.84 Å². The second kappa shape index (κ2) is 6.06. The number of aliphatic hydroxyl groups is 1. The first-order valence-corrected chi connectivity index (χ1v) is 6.71. The maximum absolute atomic E-state index is 12.0. The Morgan fingerprint density at radius 2 is 2.26 bits per heavy atom. The Labute approximate surface area is 113 Å². The zero-order valence-electron chi connectivity index (χ0n) is 11.4. The summed E-state index contributed by atoms with van der Waals surface area (Å²) in [6, 6.07) is 7.88. The van der Waals surface area contributed by atoms with E-state index >= 15 is 0 Å². The van der Waals surface area contributed by atoms with Crippen molar-refractivity contribution in [2.24, 2.45) is 5.92 Å². The number of ether oxygens (including phenoxy) is 1. The number of hydrogen-bond acceptors (Lipinski definition) is 3. The number of aliphatic hydroxyl groups excluding tert-OH is 1. The fraction of sp³-hybridized carbons (Fsp3) is 0.533. The molecule has 0 spiro atoms. The standard InChI is InChI=1S/C15H21NO3/c1-10(7-8-17)16-15(18)13-9-12(13)11-5-3-4-6-14(11)19-2/h3-6,10,12-13,17H,7-9H2,1-2H3,(H,16,18)/t10-,12-,13-/m0/s1. The van der Waals surface area contributed by atoms with Crippen LogP contribution in [0.3, 0.4) is 0 Å². The van der Waals surface area contributed by atoms with Gasteiger partial charge in [-0.05, 0) is 37.3 Å². The molecule has 0 heterocycles. The maximum Gasteiger partial charge on any atom is 0.223 e. The van der Waals surface area contributed by atoms with E-state index in [0.717, 1.165) is 17.7 Å². The second-order valence-corrected chi connectivity index (χ2v) is 5.11. The molecule has 4 nitrogen and oxygen atoms in total. The van der Waals surface area contributed by atoms with E-state index in [1.165, 1.54) is 0 Å². The molecule has 19 heavy (non-hydrogen) atoms. The van der Waals surface area contributed by atoms with Gasteiger partial charge in [0, 0.05) is 18.6 Å². The van der Waals surface area contributed by atoms with Crippen LogP contribution in [0.15, 0.2) is 24.3 Å². The zero-order valence-corrected chi connectivity index (χ0v) is 11.4. The van der Waals surface area contributed by atoms with Crippen LogP contribution in [-0.2, 0) is 4.79 Å². The number of para-hydroxylation sites is 1. The summed E-state index contributed by atoms with van der Waals surface area (Å²) in [6.07, 6.45) is 1.47. The molecule has 2 N–H and O–H groups in total. The van der Waals surface area contributed by atoms with Crippen LogP contribution in [0.25, 0.3) is 0 Å². The lowest BCUT2D eigenvalue weighted by Crippen LogP contribution is -2.34. The minimum atomic E-state index is 0.0245. The summed E-state index contributed by atoms with van der Waals surface area (Å²) >= 11 is 0. The Morgan fingerprint density at radius 1 is 1.53 bits per heavy atom. The van der Waals surface area contributed by atoms with Gasteiger partial charge in [-0.15, -0.1) is 0 Å². The number of benzene rings is 1. The number of methoxy groups -OCH3 is 1. The quantitative estimate of drug-likeness (QED) is 0.821. The number of hydrogen-bond donors (Lipinski definition) is 2. The van der Waals surface area contributed by atoms with E-state index in [1.54, 1.807) is 7.11 Å². The third-order valence-corrected chi connectivity index (χ3v) is 3.62.